The van der Waals surface area contributed by atoms with Crippen molar-refractivity contribution in [1.82, 2.24) is 4.98 Å². The summed E-state index contributed by atoms with van der Waals surface area (Å²) in [6.45, 7) is 2.66. The maximum atomic E-state index is 11.7. The molecule has 1 aromatic heterocycles. The first-order chi connectivity index (χ1) is 7.74. The number of hydrogen-bond acceptors (Lipinski definition) is 2. The summed E-state index contributed by atoms with van der Waals surface area (Å²) < 4.78 is 5.55. The van der Waals surface area contributed by atoms with Crippen molar-refractivity contribution in [3.8, 4) is 5.75 Å². The number of benzene rings is 1. The molecule has 0 spiro atoms. The van der Waals surface area contributed by atoms with E-state index in [4.69, 9.17) is 16.3 Å². The number of halogens is 1. The summed E-state index contributed by atoms with van der Waals surface area (Å²) in [5.41, 5.74) is 0.530. The molecule has 0 radical (unpaired) electrons. The highest BCUT2D eigenvalue weighted by molar-refractivity contribution is 6.31. The molecule has 0 atom stereocenters. The van der Waals surface area contributed by atoms with Gasteiger partial charge in [0.15, 0.2) is 0 Å². The Hall–Kier alpha value is -1.48. The minimum Gasteiger partial charge on any atom is -0.491 e. The van der Waals surface area contributed by atoms with Crippen LogP contribution in [0.2, 0.25) is 5.02 Å². The summed E-state index contributed by atoms with van der Waals surface area (Å²) in [6, 6.07) is 5.36. The summed E-state index contributed by atoms with van der Waals surface area (Å²) in [4.78, 5) is 14.7. The zero-order valence-electron chi connectivity index (χ0n) is 8.92. The number of rotatable bonds is 3. The third kappa shape index (κ3) is 1.91. The van der Waals surface area contributed by atoms with Gasteiger partial charge in [0.2, 0.25) is 5.43 Å². The van der Waals surface area contributed by atoms with Gasteiger partial charge < -0.3 is 9.72 Å². The Balaban J connectivity index is 2.60. The van der Waals surface area contributed by atoms with E-state index in [0.717, 1.165) is 6.42 Å². The first-order valence-electron chi connectivity index (χ1n) is 5.16. The van der Waals surface area contributed by atoms with Crippen molar-refractivity contribution >= 4 is 22.5 Å². The van der Waals surface area contributed by atoms with E-state index >= 15 is 0 Å². The lowest BCUT2D eigenvalue weighted by Crippen LogP contribution is -2.05. The molecule has 0 fully saturated rings. The second-order valence-corrected chi connectivity index (χ2v) is 3.90. The summed E-state index contributed by atoms with van der Waals surface area (Å²) in [7, 11) is 0. The van der Waals surface area contributed by atoms with Gasteiger partial charge in [-0.3, -0.25) is 4.79 Å². The van der Waals surface area contributed by atoms with E-state index in [1.54, 1.807) is 12.1 Å². The normalized spacial score (nSPS) is 10.6. The lowest BCUT2D eigenvalue weighted by molar-refractivity contribution is 0.320. The van der Waals surface area contributed by atoms with Crippen LogP contribution in [0, 0.1) is 0 Å². The monoisotopic (exact) mass is 237 g/mol. The molecule has 3 nitrogen and oxygen atoms in total. The van der Waals surface area contributed by atoms with Gasteiger partial charge in [0.1, 0.15) is 10.8 Å². The van der Waals surface area contributed by atoms with Crippen molar-refractivity contribution in [3.63, 3.8) is 0 Å². The maximum Gasteiger partial charge on any atom is 0.208 e. The Morgan fingerprint density at radius 3 is 3.00 bits per heavy atom. The standard InChI is InChI=1S/C12H12ClNO2/c1-2-6-16-10-5-3-4-8-11(10)14-7-9(13)12(8)15/h3-5,7H,2,6H2,1H3,(H,14,15). The molecule has 16 heavy (non-hydrogen) atoms. The number of hydrogen-bond donors (Lipinski definition) is 1. The highest BCUT2D eigenvalue weighted by Gasteiger charge is 2.07. The number of fused-ring (bicyclic) bond motifs is 1. The van der Waals surface area contributed by atoms with E-state index in [1.807, 2.05) is 13.0 Å². The number of aromatic amines is 1. The zero-order valence-corrected chi connectivity index (χ0v) is 9.67. The van der Waals surface area contributed by atoms with Gasteiger partial charge in [-0.1, -0.05) is 24.6 Å². The predicted molar refractivity (Wildman–Crippen MR) is 65.4 cm³/mol. The first kappa shape index (κ1) is 11.0. The molecule has 0 amide bonds. The Kier molecular flexibility index (Phi) is 3.15. The molecule has 0 bridgehead atoms. The fourth-order valence-corrected chi connectivity index (χ4v) is 1.69. The van der Waals surface area contributed by atoms with Gasteiger partial charge in [0.05, 0.1) is 17.5 Å². The van der Waals surface area contributed by atoms with Crippen LogP contribution < -0.4 is 10.2 Å². The van der Waals surface area contributed by atoms with Crippen LogP contribution in [0.1, 0.15) is 13.3 Å². The fraction of sp³-hybridized carbons (Fsp3) is 0.250. The Morgan fingerprint density at radius 2 is 2.25 bits per heavy atom. The number of nitrogens with one attached hydrogen (secondary N) is 1. The summed E-state index contributed by atoms with van der Waals surface area (Å²) in [5.74, 6) is 0.688. The Bertz CT molecular complexity index is 562. The van der Waals surface area contributed by atoms with E-state index < -0.39 is 0 Å². The van der Waals surface area contributed by atoms with E-state index in [0.29, 0.717) is 23.3 Å². The van der Waals surface area contributed by atoms with Gasteiger partial charge in [-0.15, -0.1) is 0 Å². The molecule has 1 N–H and O–H groups in total. The molecular weight excluding hydrogens is 226 g/mol. The summed E-state index contributed by atoms with van der Waals surface area (Å²) in [5, 5.41) is 0.751. The lowest BCUT2D eigenvalue weighted by Gasteiger charge is -2.07. The van der Waals surface area contributed by atoms with Crippen LogP contribution in [0.15, 0.2) is 29.2 Å². The van der Waals surface area contributed by atoms with Gasteiger partial charge in [-0.25, -0.2) is 0 Å². The van der Waals surface area contributed by atoms with Crippen molar-refractivity contribution in [2.45, 2.75) is 13.3 Å². The van der Waals surface area contributed by atoms with Crippen molar-refractivity contribution in [1.29, 1.82) is 0 Å². The molecule has 0 saturated carbocycles. The van der Waals surface area contributed by atoms with E-state index in [9.17, 15) is 4.79 Å². The molecule has 1 heterocycles. The second-order valence-electron chi connectivity index (χ2n) is 3.49. The van der Waals surface area contributed by atoms with Crippen LogP contribution in [0.3, 0.4) is 0 Å². The predicted octanol–water partition coefficient (Wildman–Crippen LogP) is 2.97. The molecule has 84 valence electrons. The first-order valence-corrected chi connectivity index (χ1v) is 5.54. The SMILES string of the molecule is CCCOc1cccc2c(=O)c(Cl)c[nH]c12. The number of pyridine rings is 1. The van der Waals surface area contributed by atoms with E-state index in [1.165, 1.54) is 6.20 Å². The molecule has 0 aliphatic rings. The molecule has 4 heteroatoms. The van der Waals surface area contributed by atoms with Crippen LogP contribution in [0.4, 0.5) is 0 Å². The number of para-hydroxylation sites is 1. The average Bonchev–Trinajstić information content (AvgIpc) is 2.31. The third-order valence-corrected chi connectivity index (χ3v) is 2.57. The molecular formula is C12H12ClNO2. The van der Waals surface area contributed by atoms with Crippen LogP contribution in [-0.4, -0.2) is 11.6 Å². The fourth-order valence-electron chi connectivity index (χ4n) is 1.53. The minimum absolute atomic E-state index is 0.169. The molecule has 0 aliphatic heterocycles. The molecule has 2 rings (SSSR count). The molecule has 0 saturated heterocycles. The van der Waals surface area contributed by atoms with Crippen LogP contribution in [0.25, 0.3) is 10.9 Å². The van der Waals surface area contributed by atoms with E-state index in [-0.39, 0.29) is 10.5 Å². The topological polar surface area (TPSA) is 42.1 Å². The third-order valence-electron chi connectivity index (χ3n) is 2.29. The zero-order chi connectivity index (χ0) is 11.5. The van der Waals surface area contributed by atoms with Crippen molar-refractivity contribution in [2.24, 2.45) is 0 Å². The molecule has 0 unspecified atom stereocenters. The Labute approximate surface area is 98.0 Å². The number of aromatic nitrogens is 1. The quantitative estimate of drug-likeness (QED) is 0.892. The Morgan fingerprint density at radius 1 is 1.44 bits per heavy atom. The summed E-state index contributed by atoms with van der Waals surface area (Å²) >= 11 is 5.76. The van der Waals surface area contributed by atoms with Crippen LogP contribution in [-0.2, 0) is 0 Å². The number of H-pyrrole nitrogens is 1. The average molecular weight is 238 g/mol. The second kappa shape index (κ2) is 4.58. The van der Waals surface area contributed by atoms with Gasteiger partial charge in [0, 0.05) is 6.20 Å². The van der Waals surface area contributed by atoms with Gasteiger partial charge in [-0.2, -0.15) is 0 Å². The van der Waals surface area contributed by atoms with Gasteiger partial charge in [0.25, 0.3) is 0 Å². The summed E-state index contributed by atoms with van der Waals surface area (Å²) in [6.07, 6.45) is 2.42. The van der Waals surface area contributed by atoms with Crippen LogP contribution in [0.5, 0.6) is 5.75 Å². The molecule has 1 aromatic carbocycles. The highest BCUT2D eigenvalue weighted by Crippen LogP contribution is 2.22. The van der Waals surface area contributed by atoms with E-state index in [2.05, 4.69) is 4.98 Å². The lowest BCUT2D eigenvalue weighted by atomic mass is 10.2. The minimum atomic E-state index is -0.169. The van der Waals surface area contributed by atoms with Gasteiger partial charge in [-0.05, 0) is 18.6 Å². The van der Waals surface area contributed by atoms with Crippen LogP contribution >= 0.6 is 11.6 Å². The molecule has 0 aliphatic carbocycles. The van der Waals surface area contributed by atoms with Crippen molar-refractivity contribution in [3.05, 3.63) is 39.6 Å². The smallest absolute Gasteiger partial charge is 0.208 e. The largest absolute Gasteiger partial charge is 0.491 e. The molecule has 2 aromatic rings. The van der Waals surface area contributed by atoms with Crippen molar-refractivity contribution < 1.29 is 4.74 Å². The highest BCUT2D eigenvalue weighted by atomic mass is 35.5. The maximum absolute atomic E-state index is 11.7. The van der Waals surface area contributed by atoms with Crippen molar-refractivity contribution in [2.75, 3.05) is 6.61 Å². The van der Waals surface area contributed by atoms with Gasteiger partial charge >= 0.3 is 0 Å². The number of ether oxygens (including phenoxy) is 1.